The van der Waals surface area contributed by atoms with Gasteiger partial charge < -0.3 is 48.8 Å². The molecule has 41 heavy (non-hydrogen) atoms. The Morgan fingerprint density at radius 3 is 2.37 bits per heavy atom. The van der Waals surface area contributed by atoms with Crippen molar-refractivity contribution in [2.45, 2.75) is 31.3 Å². The van der Waals surface area contributed by atoms with Gasteiger partial charge in [-0.15, -0.1) is 0 Å². The smallest absolute Gasteiger partial charge is 0.344 e. The van der Waals surface area contributed by atoms with Gasteiger partial charge >= 0.3 is 5.97 Å². The molecule has 0 spiro atoms. The van der Waals surface area contributed by atoms with Crippen LogP contribution in [0.25, 0.3) is 0 Å². The summed E-state index contributed by atoms with van der Waals surface area (Å²) < 4.78 is 33.5. The van der Waals surface area contributed by atoms with Crippen LogP contribution in [-0.4, -0.2) is 71.3 Å². The van der Waals surface area contributed by atoms with Crippen LogP contribution >= 0.6 is 0 Å². The number of carbonyl (C=O) groups excluding carboxylic acids is 2. The first-order chi connectivity index (χ1) is 19.7. The summed E-state index contributed by atoms with van der Waals surface area (Å²) in [6.07, 6.45) is -4.41. The van der Waals surface area contributed by atoms with Gasteiger partial charge in [0.15, 0.2) is 54.0 Å². The molecule has 5 rings (SSSR count). The molecule has 216 valence electrons. The molecule has 0 saturated carbocycles. The van der Waals surface area contributed by atoms with Crippen molar-refractivity contribution in [1.29, 1.82) is 0 Å². The molecule has 3 aromatic rings. The van der Waals surface area contributed by atoms with Gasteiger partial charge in [0.25, 0.3) is 0 Å². The second kappa shape index (κ2) is 11.4. The first-order valence-electron chi connectivity index (χ1n) is 12.7. The number of hydrogen-bond acceptors (Lipinski definition) is 12. The fourth-order valence-electron chi connectivity index (χ4n) is 4.70. The molecule has 12 nitrogen and oxygen atoms in total. The molecular formula is C29H28O12. The quantitative estimate of drug-likeness (QED) is 0.293. The zero-order valence-electron chi connectivity index (χ0n) is 22.1. The molecule has 4 N–H and O–H groups in total. The lowest BCUT2D eigenvalue weighted by molar-refractivity contribution is -0.145. The van der Waals surface area contributed by atoms with Crippen molar-refractivity contribution in [1.82, 2.24) is 0 Å². The van der Waals surface area contributed by atoms with Crippen molar-refractivity contribution < 1.29 is 58.4 Å². The lowest BCUT2D eigenvalue weighted by atomic mass is 9.92. The zero-order chi connectivity index (χ0) is 29.3. The molecule has 12 heteroatoms. The Morgan fingerprint density at radius 1 is 0.902 bits per heavy atom. The summed E-state index contributed by atoms with van der Waals surface area (Å²) in [5.41, 5.74) is 0.709. The van der Waals surface area contributed by atoms with E-state index in [1.165, 1.54) is 19.2 Å². The minimum Gasteiger partial charge on any atom is -0.507 e. The normalized spacial score (nSPS) is 20.9. The molecule has 3 aromatic carbocycles. The van der Waals surface area contributed by atoms with Crippen LogP contribution < -0.4 is 23.7 Å². The average Bonchev–Trinajstić information content (AvgIpc) is 2.97. The summed E-state index contributed by atoms with van der Waals surface area (Å²) in [6, 6.07) is 11.8. The third-order valence-corrected chi connectivity index (χ3v) is 6.65. The Kier molecular flexibility index (Phi) is 7.77. The number of phenolic OH excluding ortho intramolecular Hbond substituents is 2. The van der Waals surface area contributed by atoms with E-state index in [9.17, 15) is 30.0 Å². The van der Waals surface area contributed by atoms with Gasteiger partial charge in [0, 0.05) is 17.7 Å². The fourth-order valence-corrected chi connectivity index (χ4v) is 4.70. The molecule has 0 amide bonds. The Morgan fingerprint density at radius 2 is 1.63 bits per heavy atom. The van der Waals surface area contributed by atoms with Crippen molar-refractivity contribution in [2.24, 2.45) is 0 Å². The van der Waals surface area contributed by atoms with Crippen LogP contribution in [0, 0.1) is 0 Å². The average molecular weight is 569 g/mol. The van der Waals surface area contributed by atoms with E-state index in [1.807, 2.05) is 0 Å². The van der Waals surface area contributed by atoms with Crippen molar-refractivity contribution in [2.75, 3.05) is 26.9 Å². The number of aromatic hydroxyl groups is 2. The number of fused-ring (bicyclic) bond motifs is 2. The van der Waals surface area contributed by atoms with Gasteiger partial charge in [0.1, 0.15) is 22.8 Å². The summed E-state index contributed by atoms with van der Waals surface area (Å²) in [5, 5.41) is 41.2. The first kappa shape index (κ1) is 27.9. The maximum atomic E-state index is 13.1. The number of aliphatic hydroxyl groups excluding tert-OH is 2. The van der Waals surface area contributed by atoms with Gasteiger partial charge in [0.05, 0.1) is 20.3 Å². The Labute approximate surface area is 234 Å². The van der Waals surface area contributed by atoms with Gasteiger partial charge in [-0.2, -0.15) is 0 Å². The van der Waals surface area contributed by atoms with E-state index in [0.29, 0.717) is 16.9 Å². The molecule has 0 saturated heterocycles. The third-order valence-electron chi connectivity index (χ3n) is 6.65. The number of aliphatic hydroxyl groups is 2. The second-order valence-electron chi connectivity index (χ2n) is 9.27. The number of carbonyl (C=O) groups is 2. The fraction of sp³-hybridized carbons (Fsp3) is 0.310. The van der Waals surface area contributed by atoms with Crippen molar-refractivity contribution in [3.8, 4) is 40.2 Å². The summed E-state index contributed by atoms with van der Waals surface area (Å²) in [7, 11) is 1.41. The van der Waals surface area contributed by atoms with Crippen molar-refractivity contribution >= 4 is 11.8 Å². The summed E-state index contributed by atoms with van der Waals surface area (Å²) in [5.74, 6) is -1.12. The van der Waals surface area contributed by atoms with E-state index in [-0.39, 0.29) is 47.5 Å². The van der Waals surface area contributed by atoms with E-state index >= 15 is 0 Å². The van der Waals surface area contributed by atoms with Crippen LogP contribution in [0.15, 0.2) is 48.5 Å². The van der Waals surface area contributed by atoms with Crippen molar-refractivity contribution in [3.63, 3.8) is 0 Å². The SMILES string of the molecule is CCOC(=O)COc1cc(O)c2c(c1)O[C@H](c1ccc3c(c1)OC(c1ccc(O)c(OC)c1)C(CO)O3)[C@@H](O)C2=O. The second-order valence-corrected chi connectivity index (χ2v) is 9.27. The summed E-state index contributed by atoms with van der Waals surface area (Å²) >= 11 is 0. The number of esters is 1. The maximum Gasteiger partial charge on any atom is 0.344 e. The van der Waals surface area contributed by atoms with Crippen LogP contribution in [0.1, 0.15) is 40.6 Å². The minimum absolute atomic E-state index is 0.0477. The lowest BCUT2D eigenvalue weighted by Gasteiger charge is -2.35. The van der Waals surface area contributed by atoms with Gasteiger partial charge in [0.2, 0.25) is 5.78 Å². The van der Waals surface area contributed by atoms with Gasteiger partial charge in [-0.3, -0.25) is 4.79 Å². The van der Waals surface area contributed by atoms with Crippen molar-refractivity contribution in [3.05, 3.63) is 65.2 Å². The first-order valence-corrected chi connectivity index (χ1v) is 12.7. The monoisotopic (exact) mass is 568 g/mol. The van der Waals surface area contributed by atoms with Gasteiger partial charge in [-0.25, -0.2) is 4.79 Å². The van der Waals surface area contributed by atoms with Crippen LogP contribution in [0.2, 0.25) is 0 Å². The highest BCUT2D eigenvalue weighted by molar-refractivity contribution is 6.05. The number of ether oxygens (including phenoxy) is 6. The molecule has 0 aliphatic carbocycles. The molecule has 2 unspecified atom stereocenters. The molecular weight excluding hydrogens is 540 g/mol. The maximum absolute atomic E-state index is 13.1. The Hall–Kier alpha value is -4.68. The lowest BCUT2D eigenvalue weighted by Crippen LogP contribution is -2.37. The van der Waals surface area contributed by atoms with E-state index in [1.54, 1.807) is 37.3 Å². The highest BCUT2D eigenvalue weighted by Gasteiger charge is 2.40. The van der Waals surface area contributed by atoms with E-state index in [2.05, 4.69) is 0 Å². The number of rotatable bonds is 8. The molecule has 4 atom stereocenters. The highest BCUT2D eigenvalue weighted by atomic mass is 16.6. The molecule has 0 radical (unpaired) electrons. The van der Waals surface area contributed by atoms with Crippen LogP contribution in [-0.2, 0) is 9.53 Å². The molecule has 0 bridgehead atoms. The highest BCUT2D eigenvalue weighted by Crippen LogP contribution is 2.46. The number of benzene rings is 3. The van der Waals surface area contributed by atoms with E-state index in [4.69, 9.17) is 28.4 Å². The topological polar surface area (TPSA) is 170 Å². The van der Waals surface area contributed by atoms with Crippen LogP contribution in [0.4, 0.5) is 0 Å². The third kappa shape index (κ3) is 5.39. The number of phenols is 2. The molecule has 2 aliphatic rings. The number of ketones is 1. The largest absolute Gasteiger partial charge is 0.507 e. The van der Waals surface area contributed by atoms with Crippen LogP contribution in [0.5, 0.6) is 40.2 Å². The standard InChI is InChI=1S/C29H28O12/c1-3-37-24(33)13-38-16-10-18(32)25-22(11-16)41-29(27(35)26(25)34)15-5-7-19-21(9-15)40-28(23(12-30)39-19)14-4-6-17(31)20(8-14)36-2/h4-11,23,27-32,35H,3,12-13H2,1-2H3/t23?,27-,28?,29+/m0/s1. The van der Waals surface area contributed by atoms with E-state index in [0.717, 1.165) is 6.07 Å². The predicted octanol–water partition coefficient (Wildman–Crippen LogP) is 2.60. The van der Waals surface area contributed by atoms with E-state index < -0.39 is 48.5 Å². The van der Waals surface area contributed by atoms with Gasteiger partial charge in [-0.05, 0) is 36.8 Å². The molecule has 0 fully saturated rings. The zero-order valence-corrected chi connectivity index (χ0v) is 22.1. The molecule has 2 aliphatic heterocycles. The summed E-state index contributed by atoms with van der Waals surface area (Å²) in [4.78, 5) is 24.7. The van der Waals surface area contributed by atoms with Gasteiger partial charge in [-0.1, -0.05) is 12.1 Å². The Balaban J connectivity index is 1.43. The molecule has 0 aromatic heterocycles. The number of Topliss-reactive ketones (excluding diaryl/α,β-unsaturated/α-hetero) is 1. The number of hydrogen-bond donors (Lipinski definition) is 4. The van der Waals surface area contributed by atoms with Crippen LogP contribution in [0.3, 0.4) is 0 Å². The summed E-state index contributed by atoms with van der Waals surface area (Å²) in [6.45, 7) is 1.04. The predicted molar refractivity (Wildman–Crippen MR) is 140 cm³/mol. The number of methoxy groups -OCH3 is 1. The molecule has 2 heterocycles. The minimum atomic E-state index is -1.66. The Bertz CT molecular complexity index is 1470.